The minimum absolute atomic E-state index is 0.137. The largest absolute Gasteiger partial charge is 0.391 e. The molecule has 5 heteroatoms. The molecule has 0 bridgehead atoms. The molecule has 0 unspecified atom stereocenters. The number of anilines is 1. The molecule has 0 aliphatic rings. The maximum absolute atomic E-state index is 9.31. The van der Waals surface area contributed by atoms with Crippen LogP contribution in [0.3, 0.4) is 0 Å². The third kappa shape index (κ3) is 2.83. The van der Waals surface area contributed by atoms with Crippen molar-refractivity contribution < 1.29 is 5.11 Å². The summed E-state index contributed by atoms with van der Waals surface area (Å²) in [5.74, 6) is 0.736. The van der Waals surface area contributed by atoms with Gasteiger partial charge in [-0.05, 0) is 20.3 Å². The predicted octanol–water partition coefficient (Wildman–Crippen LogP) is 2.25. The van der Waals surface area contributed by atoms with Gasteiger partial charge in [0.25, 0.3) is 0 Å². The van der Waals surface area contributed by atoms with E-state index in [2.05, 4.69) is 35.6 Å². The summed E-state index contributed by atoms with van der Waals surface area (Å²) in [5.41, 5.74) is 0.603. The van der Waals surface area contributed by atoms with Crippen molar-refractivity contribution in [2.75, 3.05) is 11.4 Å². The summed E-state index contributed by atoms with van der Waals surface area (Å²) in [4.78, 5) is 10.2. The van der Waals surface area contributed by atoms with E-state index in [4.69, 9.17) is 11.6 Å². The van der Waals surface area contributed by atoms with E-state index in [-0.39, 0.29) is 6.61 Å². The van der Waals surface area contributed by atoms with E-state index < -0.39 is 0 Å². The van der Waals surface area contributed by atoms with Crippen molar-refractivity contribution in [1.29, 1.82) is 0 Å². The standard InChI is InChI=1S/C11H18ClN3O/c1-4-5-15(8(2)3)11-9(6-16)10(12)13-7-14-11/h7-8,16H,4-6H2,1-3H3. The monoisotopic (exact) mass is 243 g/mol. The molecule has 0 spiro atoms. The molecule has 16 heavy (non-hydrogen) atoms. The molecule has 0 aliphatic heterocycles. The number of rotatable bonds is 5. The Morgan fingerprint density at radius 3 is 2.62 bits per heavy atom. The van der Waals surface area contributed by atoms with Crippen LogP contribution in [-0.2, 0) is 6.61 Å². The average molecular weight is 244 g/mol. The lowest BCUT2D eigenvalue weighted by atomic mass is 10.2. The lowest BCUT2D eigenvalue weighted by Crippen LogP contribution is -2.33. The fourth-order valence-electron chi connectivity index (χ4n) is 1.62. The maximum Gasteiger partial charge on any atom is 0.140 e. The van der Waals surface area contributed by atoms with Gasteiger partial charge in [-0.25, -0.2) is 9.97 Å². The number of hydrogen-bond donors (Lipinski definition) is 1. The first-order chi connectivity index (χ1) is 7.61. The van der Waals surface area contributed by atoms with Gasteiger partial charge in [-0.15, -0.1) is 0 Å². The van der Waals surface area contributed by atoms with Crippen LogP contribution in [0, 0.1) is 0 Å². The van der Waals surface area contributed by atoms with Gasteiger partial charge in [-0.1, -0.05) is 18.5 Å². The molecule has 0 amide bonds. The normalized spacial score (nSPS) is 10.9. The van der Waals surface area contributed by atoms with Crippen molar-refractivity contribution in [3.05, 3.63) is 17.0 Å². The Hall–Kier alpha value is -0.870. The minimum atomic E-state index is -0.137. The Morgan fingerprint density at radius 1 is 1.44 bits per heavy atom. The van der Waals surface area contributed by atoms with Gasteiger partial charge in [0.2, 0.25) is 0 Å². The van der Waals surface area contributed by atoms with Gasteiger partial charge in [0.1, 0.15) is 17.3 Å². The quantitative estimate of drug-likeness (QED) is 0.806. The van der Waals surface area contributed by atoms with Gasteiger partial charge >= 0.3 is 0 Å². The van der Waals surface area contributed by atoms with Gasteiger partial charge in [-0.2, -0.15) is 0 Å². The van der Waals surface area contributed by atoms with Crippen LogP contribution in [0.2, 0.25) is 5.15 Å². The number of halogens is 1. The van der Waals surface area contributed by atoms with Crippen LogP contribution in [0.5, 0.6) is 0 Å². The molecule has 1 aromatic rings. The molecular formula is C11H18ClN3O. The fourth-order valence-corrected chi connectivity index (χ4v) is 1.80. The molecule has 0 radical (unpaired) electrons. The summed E-state index contributed by atoms with van der Waals surface area (Å²) in [5, 5.41) is 9.64. The molecule has 1 heterocycles. The zero-order chi connectivity index (χ0) is 12.1. The summed E-state index contributed by atoms with van der Waals surface area (Å²) in [7, 11) is 0. The van der Waals surface area contributed by atoms with E-state index in [1.165, 1.54) is 6.33 Å². The second-order valence-corrected chi connectivity index (χ2v) is 4.27. The third-order valence-electron chi connectivity index (χ3n) is 2.39. The number of nitrogens with zero attached hydrogens (tertiary/aromatic N) is 3. The highest BCUT2D eigenvalue weighted by molar-refractivity contribution is 6.30. The zero-order valence-electron chi connectivity index (χ0n) is 9.94. The highest BCUT2D eigenvalue weighted by Crippen LogP contribution is 2.24. The summed E-state index contributed by atoms with van der Waals surface area (Å²) in [6.07, 6.45) is 2.45. The number of aliphatic hydroxyl groups is 1. The van der Waals surface area contributed by atoms with E-state index in [0.29, 0.717) is 16.8 Å². The lowest BCUT2D eigenvalue weighted by molar-refractivity contribution is 0.281. The molecule has 4 nitrogen and oxygen atoms in total. The maximum atomic E-state index is 9.31. The van der Waals surface area contributed by atoms with E-state index in [0.717, 1.165) is 18.8 Å². The van der Waals surface area contributed by atoms with Gasteiger partial charge in [-0.3, -0.25) is 0 Å². The van der Waals surface area contributed by atoms with Crippen molar-refractivity contribution in [2.45, 2.75) is 39.8 Å². The SMILES string of the molecule is CCCN(c1ncnc(Cl)c1CO)C(C)C. The topological polar surface area (TPSA) is 49.2 Å². The number of hydrogen-bond acceptors (Lipinski definition) is 4. The molecule has 1 rings (SSSR count). The highest BCUT2D eigenvalue weighted by atomic mass is 35.5. The first-order valence-electron chi connectivity index (χ1n) is 5.48. The second-order valence-electron chi connectivity index (χ2n) is 3.91. The van der Waals surface area contributed by atoms with Crippen molar-refractivity contribution in [3.8, 4) is 0 Å². The van der Waals surface area contributed by atoms with Gasteiger partial charge in [0.05, 0.1) is 12.2 Å². The number of aromatic nitrogens is 2. The summed E-state index contributed by atoms with van der Waals surface area (Å²) in [6, 6.07) is 0.316. The Bertz CT molecular complexity index is 344. The molecule has 1 aromatic heterocycles. The predicted molar refractivity (Wildman–Crippen MR) is 65.7 cm³/mol. The van der Waals surface area contributed by atoms with Crippen molar-refractivity contribution in [2.24, 2.45) is 0 Å². The molecule has 0 fully saturated rings. The third-order valence-corrected chi connectivity index (χ3v) is 2.71. The molecule has 0 aromatic carbocycles. The van der Waals surface area contributed by atoms with Crippen LogP contribution >= 0.6 is 11.6 Å². The summed E-state index contributed by atoms with van der Waals surface area (Å²) < 4.78 is 0. The van der Waals surface area contributed by atoms with Crippen LogP contribution in [0.4, 0.5) is 5.82 Å². The molecule has 0 saturated carbocycles. The van der Waals surface area contributed by atoms with E-state index in [9.17, 15) is 5.11 Å². The first kappa shape index (κ1) is 13.2. The van der Waals surface area contributed by atoms with E-state index in [1.54, 1.807) is 0 Å². The van der Waals surface area contributed by atoms with Crippen molar-refractivity contribution in [3.63, 3.8) is 0 Å². The van der Waals surface area contributed by atoms with E-state index in [1.807, 2.05) is 0 Å². The van der Waals surface area contributed by atoms with Crippen molar-refractivity contribution in [1.82, 2.24) is 9.97 Å². The van der Waals surface area contributed by atoms with Crippen LogP contribution < -0.4 is 4.90 Å². The van der Waals surface area contributed by atoms with Crippen molar-refractivity contribution >= 4 is 17.4 Å². The van der Waals surface area contributed by atoms with Gasteiger partial charge in [0, 0.05) is 12.6 Å². The zero-order valence-corrected chi connectivity index (χ0v) is 10.7. The lowest BCUT2D eigenvalue weighted by Gasteiger charge is -2.29. The molecular weight excluding hydrogens is 226 g/mol. The van der Waals surface area contributed by atoms with E-state index >= 15 is 0 Å². The minimum Gasteiger partial charge on any atom is -0.391 e. The Kier molecular flexibility index (Phi) is 4.96. The van der Waals surface area contributed by atoms with Crippen LogP contribution in [0.25, 0.3) is 0 Å². The molecule has 90 valence electrons. The fraction of sp³-hybridized carbons (Fsp3) is 0.636. The second kappa shape index (κ2) is 6.01. The Morgan fingerprint density at radius 2 is 2.12 bits per heavy atom. The molecule has 0 atom stereocenters. The van der Waals surface area contributed by atoms with Gasteiger partial charge < -0.3 is 10.0 Å². The molecule has 1 N–H and O–H groups in total. The molecule has 0 aliphatic carbocycles. The molecule has 0 saturated heterocycles. The summed E-state index contributed by atoms with van der Waals surface area (Å²) >= 11 is 5.94. The van der Waals surface area contributed by atoms with Crippen LogP contribution in [0.15, 0.2) is 6.33 Å². The van der Waals surface area contributed by atoms with Crippen LogP contribution in [-0.4, -0.2) is 27.7 Å². The van der Waals surface area contributed by atoms with Gasteiger partial charge in [0.15, 0.2) is 0 Å². The average Bonchev–Trinajstić information content (AvgIpc) is 2.25. The van der Waals surface area contributed by atoms with Crippen LogP contribution in [0.1, 0.15) is 32.8 Å². The Balaban J connectivity index is 3.12. The first-order valence-corrected chi connectivity index (χ1v) is 5.86. The smallest absolute Gasteiger partial charge is 0.140 e. The highest BCUT2D eigenvalue weighted by Gasteiger charge is 2.17. The summed E-state index contributed by atoms with van der Waals surface area (Å²) in [6.45, 7) is 7.04. The number of aliphatic hydroxyl groups excluding tert-OH is 1. The Labute approximate surface area is 101 Å².